The van der Waals surface area contributed by atoms with Gasteiger partial charge in [-0.1, -0.05) is 31.4 Å². The van der Waals surface area contributed by atoms with Gasteiger partial charge in [-0.15, -0.1) is 0 Å². The van der Waals surface area contributed by atoms with Crippen molar-refractivity contribution < 1.29 is 21.6 Å². The van der Waals surface area contributed by atoms with E-state index >= 15 is 0 Å². The molecule has 0 unspecified atom stereocenters. The molecule has 126 valence electrons. The van der Waals surface area contributed by atoms with Crippen molar-refractivity contribution in [3.63, 3.8) is 0 Å². The predicted molar refractivity (Wildman–Crippen MR) is 81.6 cm³/mol. The Bertz CT molecular complexity index is 554. The third-order valence-electron chi connectivity index (χ3n) is 3.51. The molecule has 0 aromatic carbocycles. The highest BCUT2D eigenvalue weighted by atomic mass is 32.2. The molecule has 0 aromatic heterocycles. The van der Waals surface area contributed by atoms with Crippen LogP contribution in [0.3, 0.4) is 0 Å². The second kappa shape index (κ2) is 7.97. The van der Waals surface area contributed by atoms with Crippen LogP contribution in [0.2, 0.25) is 0 Å². The molecule has 3 nitrogen and oxygen atoms in total. The van der Waals surface area contributed by atoms with Crippen molar-refractivity contribution >= 4 is 10.0 Å². The highest BCUT2D eigenvalue weighted by molar-refractivity contribution is 7.93. The first-order valence-electron chi connectivity index (χ1n) is 7.27. The molecule has 7 heteroatoms. The van der Waals surface area contributed by atoms with Crippen molar-refractivity contribution in [3.05, 3.63) is 34.8 Å². The first-order chi connectivity index (χ1) is 10.2. The van der Waals surface area contributed by atoms with E-state index in [-0.39, 0.29) is 10.9 Å². The highest BCUT2D eigenvalue weighted by Gasteiger charge is 2.29. The minimum absolute atomic E-state index is 0.139. The molecule has 0 saturated heterocycles. The number of sulfonamides is 1. The molecule has 1 rings (SSSR count). The van der Waals surface area contributed by atoms with Gasteiger partial charge in [0.15, 0.2) is 0 Å². The molecule has 0 amide bonds. The number of halogens is 3. The Morgan fingerprint density at radius 1 is 1.14 bits per heavy atom. The minimum atomic E-state index is -4.46. The van der Waals surface area contributed by atoms with Crippen molar-refractivity contribution in [2.75, 3.05) is 0 Å². The van der Waals surface area contributed by atoms with Gasteiger partial charge in [0.2, 0.25) is 10.0 Å². The minimum Gasteiger partial charge on any atom is -0.208 e. The third-order valence-corrected chi connectivity index (χ3v) is 5.05. The monoisotopic (exact) mass is 337 g/mol. The zero-order chi connectivity index (χ0) is 16.8. The number of alkyl halides is 3. The van der Waals surface area contributed by atoms with Crippen molar-refractivity contribution in [2.24, 2.45) is 0 Å². The quantitative estimate of drug-likeness (QED) is 0.764. The molecule has 0 aromatic rings. The second-order valence-corrected chi connectivity index (χ2v) is 7.09. The maximum Gasteiger partial charge on any atom is 0.412 e. The molecule has 1 fully saturated rings. The molecule has 1 aliphatic carbocycles. The lowest BCUT2D eigenvalue weighted by Gasteiger charge is -2.22. The zero-order valence-electron chi connectivity index (χ0n) is 12.8. The summed E-state index contributed by atoms with van der Waals surface area (Å²) in [6.45, 7) is 2.52. The summed E-state index contributed by atoms with van der Waals surface area (Å²) in [5.74, 6) is 0. The van der Waals surface area contributed by atoms with Gasteiger partial charge in [0.25, 0.3) is 0 Å². The standard InChI is InChI=1S/C15H22F3NO2S/c1-3-7-14(11-10-12(2)15(16,17)18)22(20,21)19-13-8-5-4-6-9-13/h3,7,10-11,13,19H,4-6,8-9H2,1-2H3/b7-3-,12-10+,14-11+. The van der Waals surface area contributed by atoms with Crippen LogP contribution in [-0.4, -0.2) is 20.6 Å². The van der Waals surface area contributed by atoms with E-state index in [2.05, 4.69) is 4.72 Å². The van der Waals surface area contributed by atoms with Crippen molar-refractivity contribution in [2.45, 2.75) is 58.2 Å². The molecule has 0 atom stereocenters. The van der Waals surface area contributed by atoms with E-state index in [9.17, 15) is 21.6 Å². The molecule has 1 N–H and O–H groups in total. The summed E-state index contributed by atoms with van der Waals surface area (Å²) in [5.41, 5.74) is -0.845. The Morgan fingerprint density at radius 3 is 2.23 bits per heavy atom. The number of rotatable bonds is 5. The van der Waals surface area contributed by atoms with Gasteiger partial charge in [0, 0.05) is 11.6 Å². The molecule has 0 bridgehead atoms. The number of allylic oxidation sites excluding steroid dienone is 5. The lowest BCUT2D eigenvalue weighted by atomic mass is 9.96. The van der Waals surface area contributed by atoms with E-state index in [1.807, 2.05) is 0 Å². The van der Waals surface area contributed by atoms with Crippen LogP contribution in [0.15, 0.2) is 34.8 Å². The molecule has 22 heavy (non-hydrogen) atoms. The Hall–Kier alpha value is -1.08. The highest BCUT2D eigenvalue weighted by Crippen LogP contribution is 2.25. The fourth-order valence-electron chi connectivity index (χ4n) is 2.21. The maximum absolute atomic E-state index is 12.5. The van der Waals surface area contributed by atoms with Crippen LogP contribution >= 0.6 is 0 Å². The summed E-state index contributed by atoms with van der Waals surface area (Å²) >= 11 is 0. The van der Waals surface area contributed by atoms with E-state index in [4.69, 9.17) is 0 Å². The summed E-state index contributed by atoms with van der Waals surface area (Å²) in [6.07, 6.45) is 4.64. The van der Waals surface area contributed by atoms with E-state index in [1.165, 1.54) is 12.2 Å². The summed E-state index contributed by atoms with van der Waals surface area (Å²) in [7, 11) is -3.81. The maximum atomic E-state index is 12.5. The molecule has 0 aliphatic heterocycles. The first-order valence-corrected chi connectivity index (χ1v) is 8.76. The summed E-state index contributed by atoms with van der Waals surface area (Å²) < 4.78 is 64.6. The molecule has 0 heterocycles. The largest absolute Gasteiger partial charge is 0.412 e. The van der Waals surface area contributed by atoms with Crippen molar-refractivity contribution in [1.82, 2.24) is 4.72 Å². The summed E-state index contributed by atoms with van der Waals surface area (Å²) in [6, 6.07) is -0.139. The van der Waals surface area contributed by atoms with Gasteiger partial charge in [-0.25, -0.2) is 13.1 Å². The lowest BCUT2D eigenvalue weighted by Crippen LogP contribution is -2.36. The van der Waals surface area contributed by atoms with Gasteiger partial charge < -0.3 is 0 Å². The van der Waals surface area contributed by atoms with Crippen LogP contribution in [0.1, 0.15) is 46.0 Å². The van der Waals surface area contributed by atoms with E-state index < -0.39 is 21.8 Å². The van der Waals surface area contributed by atoms with Gasteiger partial charge >= 0.3 is 6.18 Å². The predicted octanol–water partition coefficient (Wildman–Crippen LogP) is 4.21. The first kappa shape index (κ1) is 19.0. The number of hydrogen-bond donors (Lipinski definition) is 1. The van der Waals surface area contributed by atoms with Crippen molar-refractivity contribution in [1.29, 1.82) is 0 Å². The Labute approximate surface area is 130 Å². The fourth-order valence-corrected chi connectivity index (χ4v) is 3.58. The van der Waals surface area contributed by atoms with Gasteiger partial charge in [0.05, 0.1) is 4.91 Å². The van der Waals surface area contributed by atoms with Gasteiger partial charge in [0.1, 0.15) is 0 Å². The Kier molecular flexibility index (Phi) is 6.87. The average molecular weight is 337 g/mol. The normalized spacial score (nSPS) is 19.9. The second-order valence-electron chi connectivity index (χ2n) is 5.37. The van der Waals surface area contributed by atoms with Crippen LogP contribution in [0, 0.1) is 0 Å². The van der Waals surface area contributed by atoms with Crippen molar-refractivity contribution in [3.8, 4) is 0 Å². The Morgan fingerprint density at radius 2 is 1.73 bits per heavy atom. The van der Waals surface area contributed by atoms with Gasteiger partial charge in [-0.05, 0) is 38.8 Å². The molecule has 0 spiro atoms. The van der Waals surface area contributed by atoms with Crippen LogP contribution in [-0.2, 0) is 10.0 Å². The SMILES string of the molecule is C\C=C/C(=C\C=C(/C)C(F)(F)F)S(=O)(=O)NC1CCCCC1. The lowest BCUT2D eigenvalue weighted by molar-refractivity contribution is -0.0913. The zero-order valence-corrected chi connectivity index (χ0v) is 13.6. The van der Waals surface area contributed by atoms with Crippen LogP contribution in [0.5, 0.6) is 0 Å². The molecular weight excluding hydrogens is 315 g/mol. The van der Waals surface area contributed by atoms with E-state index in [1.54, 1.807) is 6.92 Å². The van der Waals surface area contributed by atoms with Gasteiger partial charge in [-0.3, -0.25) is 0 Å². The van der Waals surface area contributed by atoms with Crippen LogP contribution in [0.4, 0.5) is 13.2 Å². The van der Waals surface area contributed by atoms with Crippen LogP contribution < -0.4 is 4.72 Å². The topological polar surface area (TPSA) is 46.2 Å². The fraction of sp³-hybridized carbons (Fsp3) is 0.600. The summed E-state index contributed by atoms with van der Waals surface area (Å²) in [5, 5.41) is 0. The van der Waals surface area contributed by atoms with Gasteiger partial charge in [-0.2, -0.15) is 13.2 Å². The molecule has 1 aliphatic rings. The van der Waals surface area contributed by atoms with E-state index in [0.29, 0.717) is 0 Å². The summed E-state index contributed by atoms with van der Waals surface area (Å²) in [4.78, 5) is -0.163. The number of nitrogens with one attached hydrogen (secondary N) is 1. The van der Waals surface area contributed by atoms with Crippen LogP contribution in [0.25, 0.3) is 0 Å². The average Bonchev–Trinajstić information content (AvgIpc) is 2.42. The molecule has 0 radical (unpaired) electrons. The molecule has 1 saturated carbocycles. The third kappa shape index (κ3) is 5.96. The van der Waals surface area contributed by atoms with E-state index in [0.717, 1.165) is 51.2 Å². The number of hydrogen-bond acceptors (Lipinski definition) is 2. The molecular formula is C15H22F3NO2S. The smallest absolute Gasteiger partial charge is 0.208 e. The Balaban J connectivity index is 2.97.